The van der Waals surface area contributed by atoms with Crippen molar-refractivity contribution in [2.24, 2.45) is 11.3 Å². The van der Waals surface area contributed by atoms with Crippen LogP contribution in [-0.2, 0) is 10.0 Å². The van der Waals surface area contributed by atoms with E-state index in [0.29, 0.717) is 12.5 Å². The van der Waals surface area contributed by atoms with E-state index in [2.05, 4.69) is 20.8 Å². The van der Waals surface area contributed by atoms with Gasteiger partial charge in [0.1, 0.15) is 0 Å². The Morgan fingerprint density at radius 3 is 2.20 bits per heavy atom. The highest BCUT2D eigenvalue weighted by atomic mass is 32.2. The van der Waals surface area contributed by atoms with Gasteiger partial charge in [0.05, 0.1) is 6.26 Å². The third-order valence-electron chi connectivity index (χ3n) is 4.37. The van der Waals surface area contributed by atoms with E-state index in [1.54, 1.807) is 4.31 Å². The number of nitrogens with zero attached hydrogens (tertiary/aromatic N) is 1. The molecule has 4 heteroatoms. The average molecular weight is 295 g/mol. The first-order valence-electron chi connectivity index (χ1n) is 7.21. The van der Waals surface area contributed by atoms with E-state index in [9.17, 15) is 8.42 Å². The molecule has 1 aliphatic heterocycles. The zero-order chi connectivity index (χ0) is 15.0. The first kappa shape index (κ1) is 15.5. The van der Waals surface area contributed by atoms with E-state index < -0.39 is 10.0 Å². The summed E-state index contributed by atoms with van der Waals surface area (Å²) in [5.74, 6) is 0.414. The summed E-state index contributed by atoms with van der Waals surface area (Å²) < 4.78 is 26.0. The lowest BCUT2D eigenvalue weighted by atomic mass is 9.75. The fourth-order valence-corrected chi connectivity index (χ4v) is 4.16. The minimum atomic E-state index is -3.18. The third-order valence-corrected chi connectivity index (χ3v) is 5.63. The summed E-state index contributed by atoms with van der Waals surface area (Å²) in [5.41, 5.74) is 1.25. The second-order valence-corrected chi connectivity index (χ2v) is 8.83. The monoisotopic (exact) mass is 295 g/mol. The molecule has 0 radical (unpaired) electrons. The Bertz CT molecular complexity index is 546. The van der Waals surface area contributed by atoms with E-state index in [0.717, 1.165) is 18.4 Å². The number of rotatable bonds is 2. The van der Waals surface area contributed by atoms with Gasteiger partial charge in [0.25, 0.3) is 0 Å². The summed E-state index contributed by atoms with van der Waals surface area (Å²) in [5, 5.41) is 0. The molecule has 0 saturated carbocycles. The Balaban J connectivity index is 2.31. The number of benzene rings is 1. The number of hydrogen-bond acceptors (Lipinski definition) is 2. The highest BCUT2D eigenvalue weighted by Gasteiger charge is 2.38. The van der Waals surface area contributed by atoms with Crippen molar-refractivity contribution in [3.63, 3.8) is 0 Å². The summed E-state index contributed by atoms with van der Waals surface area (Å²) in [6.07, 6.45) is 3.31. The molecule has 1 heterocycles. The van der Waals surface area contributed by atoms with Crippen LogP contribution < -0.4 is 0 Å². The summed E-state index contributed by atoms with van der Waals surface area (Å²) >= 11 is 0. The maximum Gasteiger partial charge on any atom is 0.211 e. The van der Waals surface area contributed by atoms with Crippen molar-refractivity contribution in [1.29, 1.82) is 0 Å². The Hall–Kier alpha value is -0.870. The van der Waals surface area contributed by atoms with Crippen LogP contribution in [0.4, 0.5) is 0 Å². The van der Waals surface area contributed by atoms with Gasteiger partial charge in [-0.25, -0.2) is 8.42 Å². The van der Waals surface area contributed by atoms with Gasteiger partial charge in [0.15, 0.2) is 0 Å². The number of piperidine rings is 1. The van der Waals surface area contributed by atoms with Crippen LogP contribution in [0.2, 0.25) is 0 Å². The molecule has 1 fully saturated rings. The molecular weight excluding hydrogens is 270 g/mol. The summed E-state index contributed by atoms with van der Waals surface area (Å²) in [4.78, 5) is 0. The van der Waals surface area contributed by atoms with E-state index in [1.807, 2.05) is 30.3 Å². The van der Waals surface area contributed by atoms with Gasteiger partial charge in [-0.1, -0.05) is 51.1 Å². The maximum atomic E-state index is 12.2. The Morgan fingerprint density at radius 2 is 1.70 bits per heavy atom. The molecule has 3 nitrogen and oxygen atoms in total. The Kier molecular flexibility index (Phi) is 4.26. The zero-order valence-corrected chi connectivity index (χ0v) is 13.7. The van der Waals surface area contributed by atoms with Gasteiger partial charge < -0.3 is 0 Å². The van der Waals surface area contributed by atoms with Crippen molar-refractivity contribution in [3.05, 3.63) is 35.9 Å². The smallest absolute Gasteiger partial charge is 0.211 e. The summed E-state index contributed by atoms with van der Waals surface area (Å²) in [6.45, 7) is 7.21. The van der Waals surface area contributed by atoms with Crippen molar-refractivity contribution in [2.45, 2.75) is 39.7 Å². The summed E-state index contributed by atoms with van der Waals surface area (Å²) in [6, 6.07) is 9.97. The highest BCUT2D eigenvalue weighted by Crippen LogP contribution is 2.41. The lowest BCUT2D eigenvalue weighted by Crippen LogP contribution is -2.45. The first-order valence-corrected chi connectivity index (χ1v) is 9.06. The molecule has 2 atom stereocenters. The minimum Gasteiger partial charge on any atom is -0.212 e. The molecule has 0 aromatic heterocycles. The quantitative estimate of drug-likeness (QED) is 0.838. The molecule has 2 unspecified atom stereocenters. The Labute approximate surface area is 123 Å². The van der Waals surface area contributed by atoms with E-state index in [1.165, 1.54) is 6.26 Å². The average Bonchev–Trinajstić information content (AvgIpc) is 2.37. The van der Waals surface area contributed by atoms with Crippen molar-refractivity contribution in [1.82, 2.24) is 4.31 Å². The largest absolute Gasteiger partial charge is 0.212 e. The van der Waals surface area contributed by atoms with Crippen molar-refractivity contribution in [3.8, 4) is 0 Å². The van der Waals surface area contributed by atoms with Gasteiger partial charge in [-0.15, -0.1) is 0 Å². The maximum absolute atomic E-state index is 12.2. The standard InChI is InChI=1S/C16H25NO2S/c1-16(2,3)14-10-11-15(13-8-6-5-7-9-13)17(12-14)20(4,18)19/h5-9,14-15H,10-12H2,1-4H3. The SMILES string of the molecule is CC(C)(C)C1CCC(c2ccccc2)N(S(C)(=O)=O)C1. The lowest BCUT2D eigenvalue weighted by molar-refractivity contribution is 0.113. The Morgan fingerprint density at radius 1 is 1.10 bits per heavy atom. The normalized spacial score (nSPS) is 25.6. The van der Waals surface area contributed by atoms with Gasteiger partial charge in [-0.2, -0.15) is 4.31 Å². The molecule has 0 aliphatic carbocycles. The molecule has 112 valence electrons. The number of hydrogen-bond donors (Lipinski definition) is 0. The van der Waals surface area contributed by atoms with Crippen LogP contribution in [0.5, 0.6) is 0 Å². The highest BCUT2D eigenvalue weighted by molar-refractivity contribution is 7.88. The summed E-state index contributed by atoms with van der Waals surface area (Å²) in [7, 11) is -3.18. The number of sulfonamides is 1. The second-order valence-electron chi connectivity index (χ2n) is 6.90. The fraction of sp³-hybridized carbons (Fsp3) is 0.625. The van der Waals surface area contributed by atoms with Crippen LogP contribution in [0.15, 0.2) is 30.3 Å². The molecule has 0 amide bonds. The molecule has 2 rings (SSSR count). The van der Waals surface area contributed by atoms with Gasteiger partial charge in [0.2, 0.25) is 10.0 Å². The van der Waals surface area contributed by atoms with E-state index in [-0.39, 0.29) is 11.5 Å². The molecule has 0 N–H and O–H groups in total. The van der Waals surface area contributed by atoms with Crippen LogP contribution in [0.25, 0.3) is 0 Å². The molecule has 1 saturated heterocycles. The predicted molar refractivity (Wildman–Crippen MR) is 82.9 cm³/mol. The topological polar surface area (TPSA) is 37.4 Å². The van der Waals surface area contributed by atoms with Crippen LogP contribution in [0.1, 0.15) is 45.2 Å². The lowest BCUT2D eigenvalue weighted by Gasteiger charge is -2.43. The third kappa shape index (κ3) is 3.41. The molecule has 1 aromatic rings. The molecule has 1 aliphatic rings. The van der Waals surface area contributed by atoms with Crippen LogP contribution in [0.3, 0.4) is 0 Å². The molecule has 20 heavy (non-hydrogen) atoms. The van der Waals surface area contributed by atoms with Gasteiger partial charge in [-0.3, -0.25) is 0 Å². The van der Waals surface area contributed by atoms with Crippen molar-refractivity contribution < 1.29 is 8.42 Å². The van der Waals surface area contributed by atoms with Crippen LogP contribution in [0, 0.1) is 11.3 Å². The van der Waals surface area contributed by atoms with E-state index >= 15 is 0 Å². The molecular formula is C16H25NO2S. The predicted octanol–water partition coefficient (Wildman–Crippen LogP) is 3.45. The second kappa shape index (κ2) is 5.49. The zero-order valence-electron chi connectivity index (χ0n) is 12.8. The van der Waals surface area contributed by atoms with Crippen molar-refractivity contribution >= 4 is 10.0 Å². The van der Waals surface area contributed by atoms with E-state index in [4.69, 9.17) is 0 Å². The molecule has 0 bridgehead atoms. The van der Waals surface area contributed by atoms with Gasteiger partial charge in [-0.05, 0) is 29.7 Å². The minimum absolute atomic E-state index is 0.00944. The van der Waals surface area contributed by atoms with Crippen molar-refractivity contribution in [2.75, 3.05) is 12.8 Å². The first-order chi connectivity index (χ1) is 9.19. The molecule has 1 aromatic carbocycles. The van der Waals surface area contributed by atoms with Gasteiger partial charge >= 0.3 is 0 Å². The van der Waals surface area contributed by atoms with Gasteiger partial charge in [0, 0.05) is 12.6 Å². The fourth-order valence-electron chi connectivity index (χ4n) is 3.02. The van der Waals surface area contributed by atoms with Crippen LogP contribution >= 0.6 is 0 Å². The van der Waals surface area contributed by atoms with Crippen LogP contribution in [-0.4, -0.2) is 25.5 Å². The molecule has 0 spiro atoms.